The van der Waals surface area contributed by atoms with Crippen LogP contribution in [0.1, 0.15) is 29.5 Å². The van der Waals surface area contributed by atoms with Crippen LogP contribution < -0.4 is 10.7 Å². The molecular formula is C18H19NO7S. The highest BCUT2D eigenvalue weighted by atomic mass is 32.2. The Balaban J connectivity index is 1.69. The van der Waals surface area contributed by atoms with Crippen molar-refractivity contribution in [2.45, 2.75) is 32.4 Å². The molecule has 3 rings (SSSR count). The average molecular weight is 393 g/mol. The first kappa shape index (κ1) is 19.1. The maximum atomic E-state index is 12.2. The van der Waals surface area contributed by atoms with Crippen LogP contribution in [-0.4, -0.2) is 43.9 Å². The summed E-state index contributed by atoms with van der Waals surface area (Å²) in [5, 5.41) is 2.90. The van der Waals surface area contributed by atoms with E-state index in [-0.39, 0.29) is 28.3 Å². The highest BCUT2D eigenvalue weighted by Crippen LogP contribution is 2.16. The van der Waals surface area contributed by atoms with Crippen molar-refractivity contribution in [2.24, 2.45) is 0 Å². The van der Waals surface area contributed by atoms with Gasteiger partial charge >= 0.3 is 5.97 Å². The van der Waals surface area contributed by atoms with E-state index in [1.807, 2.05) is 6.92 Å². The van der Waals surface area contributed by atoms with Gasteiger partial charge < -0.3 is 14.5 Å². The van der Waals surface area contributed by atoms with E-state index in [0.29, 0.717) is 11.8 Å². The zero-order valence-corrected chi connectivity index (χ0v) is 15.7. The van der Waals surface area contributed by atoms with Crippen molar-refractivity contribution in [2.75, 3.05) is 11.5 Å². The molecule has 0 aliphatic carbocycles. The van der Waals surface area contributed by atoms with Gasteiger partial charge in [0.05, 0.1) is 16.9 Å². The molecular weight excluding hydrogens is 374 g/mol. The molecule has 0 radical (unpaired) electrons. The SMILES string of the molecule is Cc1ccc2oc(C(=O)O[C@H](C)C(=O)N[C@H]3CCS(=O)(=O)C3)cc(=O)c2c1. The summed E-state index contributed by atoms with van der Waals surface area (Å²) in [6, 6.07) is 5.51. The number of amides is 1. The van der Waals surface area contributed by atoms with Gasteiger partial charge in [-0.25, -0.2) is 13.2 Å². The number of benzene rings is 1. The molecule has 9 heteroatoms. The summed E-state index contributed by atoms with van der Waals surface area (Å²) < 4.78 is 33.3. The summed E-state index contributed by atoms with van der Waals surface area (Å²) >= 11 is 0. The van der Waals surface area contributed by atoms with Crippen molar-refractivity contribution in [3.05, 3.63) is 45.8 Å². The minimum absolute atomic E-state index is 0.0217. The third-order valence-corrected chi connectivity index (χ3v) is 6.08. The number of rotatable bonds is 4. The van der Waals surface area contributed by atoms with E-state index < -0.39 is 33.9 Å². The first-order chi connectivity index (χ1) is 12.6. The number of hydrogen-bond acceptors (Lipinski definition) is 7. The van der Waals surface area contributed by atoms with Crippen molar-refractivity contribution >= 4 is 32.7 Å². The Morgan fingerprint density at radius 3 is 2.70 bits per heavy atom. The molecule has 1 fully saturated rings. The first-order valence-corrected chi connectivity index (χ1v) is 10.2. The molecule has 0 saturated carbocycles. The van der Waals surface area contributed by atoms with Crippen LogP contribution in [0, 0.1) is 6.92 Å². The van der Waals surface area contributed by atoms with E-state index >= 15 is 0 Å². The number of carbonyl (C=O) groups is 2. The number of esters is 1. The Morgan fingerprint density at radius 2 is 2.04 bits per heavy atom. The molecule has 0 bridgehead atoms. The second-order valence-corrected chi connectivity index (χ2v) is 8.86. The Bertz CT molecular complexity index is 1070. The standard InChI is InChI=1S/C18H19NO7S/c1-10-3-4-15-13(7-10)14(20)8-16(26-15)18(22)25-11(2)17(21)19-12-5-6-27(23,24)9-12/h3-4,7-8,11-12H,5-6,9H2,1-2H3,(H,19,21)/t11-,12+/m1/s1. The van der Waals surface area contributed by atoms with Gasteiger partial charge in [-0.1, -0.05) is 11.6 Å². The number of aryl methyl sites for hydroxylation is 1. The van der Waals surface area contributed by atoms with Crippen molar-refractivity contribution in [3.63, 3.8) is 0 Å². The highest BCUT2D eigenvalue weighted by Gasteiger charge is 2.31. The van der Waals surface area contributed by atoms with Crippen molar-refractivity contribution in [1.29, 1.82) is 0 Å². The van der Waals surface area contributed by atoms with E-state index in [1.165, 1.54) is 6.92 Å². The monoisotopic (exact) mass is 393 g/mol. The van der Waals surface area contributed by atoms with Gasteiger partial charge in [-0.3, -0.25) is 9.59 Å². The van der Waals surface area contributed by atoms with Crippen LogP contribution in [0.4, 0.5) is 0 Å². The van der Waals surface area contributed by atoms with Gasteiger partial charge in [0, 0.05) is 12.1 Å². The summed E-state index contributed by atoms with van der Waals surface area (Å²) in [5.74, 6) is -1.97. The Morgan fingerprint density at radius 1 is 1.30 bits per heavy atom. The molecule has 2 atom stereocenters. The average Bonchev–Trinajstić information content (AvgIpc) is 2.93. The maximum absolute atomic E-state index is 12.2. The summed E-state index contributed by atoms with van der Waals surface area (Å²) in [6.45, 7) is 3.19. The van der Waals surface area contributed by atoms with E-state index in [9.17, 15) is 22.8 Å². The third-order valence-electron chi connectivity index (χ3n) is 4.32. The Hall–Kier alpha value is -2.68. The van der Waals surface area contributed by atoms with Crippen LogP contribution in [0.3, 0.4) is 0 Å². The summed E-state index contributed by atoms with van der Waals surface area (Å²) in [4.78, 5) is 36.5. The second-order valence-electron chi connectivity index (χ2n) is 6.63. The van der Waals surface area contributed by atoms with Crippen molar-refractivity contribution in [1.82, 2.24) is 5.32 Å². The summed E-state index contributed by atoms with van der Waals surface area (Å²) in [7, 11) is -3.13. The number of sulfone groups is 1. The molecule has 1 aliphatic rings. The predicted octanol–water partition coefficient (Wildman–Crippen LogP) is 0.950. The number of carbonyl (C=O) groups excluding carboxylic acids is 2. The topological polar surface area (TPSA) is 120 Å². The normalized spacial score (nSPS) is 19.6. The van der Waals surface area contributed by atoms with Crippen LogP contribution in [0.25, 0.3) is 11.0 Å². The minimum atomic E-state index is -3.13. The predicted molar refractivity (Wildman–Crippen MR) is 97.3 cm³/mol. The van der Waals surface area contributed by atoms with Crippen LogP contribution >= 0.6 is 0 Å². The minimum Gasteiger partial charge on any atom is -0.449 e. The van der Waals surface area contributed by atoms with Gasteiger partial charge in [-0.05, 0) is 32.4 Å². The fraction of sp³-hybridized carbons (Fsp3) is 0.389. The van der Waals surface area contributed by atoms with Crippen LogP contribution in [0.5, 0.6) is 0 Å². The molecule has 8 nitrogen and oxygen atoms in total. The molecule has 144 valence electrons. The van der Waals surface area contributed by atoms with Crippen LogP contribution in [0.2, 0.25) is 0 Å². The molecule has 1 aromatic carbocycles. The van der Waals surface area contributed by atoms with E-state index in [2.05, 4.69) is 5.32 Å². The third kappa shape index (κ3) is 4.36. The zero-order valence-electron chi connectivity index (χ0n) is 14.9. The van der Waals surface area contributed by atoms with Crippen LogP contribution in [0.15, 0.2) is 33.5 Å². The molecule has 2 heterocycles. The molecule has 1 N–H and O–H groups in total. The lowest BCUT2D eigenvalue weighted by Crippen LogP contribution is -2.42. The van der Waals surface area contributed by atoms with Gasteiger partial charge in [-0.15, -0.1) is 0 Å². The van der Waals surface area contributed by atoms with E-state index in [0.717, 1.165) is 11.6 Å². The molecule has 1 saturated heterocycles. The van der Waals surface area contributed by atoms with E-state index in [4.69, 9.17) is 9.15 Å². The fourth-order valence-corrected chi connectivity index (χ4v) is 4.54. The Kier molecular flexibility index (Phi) is 5.05. The molecule has 1 aliphatic heterocycles. The number of ether oxygens (including phenoxy) is 1. The quantitative estimate of drug-likeness (QED) is 0.768. The lowest BCUT2D eigenvalue weighted by molar-refractivity contribution is -0.129. The lowest BCUT2D eigenvalue weighted by atomic mass is 10.1. The molecule has 27 heavy (non-hydrogen) atoms. The highest BCUT2D eigenvalue weighted by molar-refractivity contribution is 7.91. The summed E-state index contributed by atoms with van der Waals surface area (Å²) in [5.41, 5.74) is 0.734. The zero-order chi connectivity index (χ0) is 19.8. The van der Waals surface area contributed by atoms with Crippen molar-refractivity contribution < 1.29 is 27.2 Å². The van der Waals surface area contributed by atoms with Gasteiger partial charge in [0.15, 0.2) is 21.4 Å². The van der Waals surface area contributed by atoms with Gasteiger partial charge in [0.1, 0.15) is 5.58 Å². The number of nitrogens with one attached hydrogen (secondary N) is 1. The smallest absolute Gasteiger partial charge is 0.375 e. The molecule has 1 amide bonds. The lowest BCUT2D eigenvalue weighted by Gasteiger charge is -2.16. The van der Waals surface area contributed by atoms with Gasteiger partial charge in [-0.2, -0.15) is 0 Å². The second kappa shape index (κ2) is 7.15. The Labute approximate surface area is 155 Å². The van der Waals surface area contributed by atoms with Crippen molar-refractivity contribution in [3.8, 4) is 0 Å². The molecule has 2 aromatic rings. The first-order valence-electron chi connectivity index (χ1n) is 8.41. The van der Waals surface area contributed by atoms with Gasteiger partial charge in [0.25, 0.3) is 5.91 Å². The maximum Gasteiger partial charge on any atom is 0.375 e. The number of fused-ring (bicyclic) bond motifs is 1. The molecule has 0 spiro atoms. The fourth-order valence-electron chi connectivity index (χ4n) is 2.87. The van der Waals surface area contributed by atoms with Gasteiger partial charge in [0.2, 0.25) is 5.76 Å². The largest absolute Gasteiger partial charge is 0.449 e. The molecule has 1 aromatic heterocycles. The van der Waals surface area contributed by atoms with Crippen LogP contribution in [-0.2, 0) is 19.4 Å². The van der Waals surface area contributed by atoms with E-state index in [1.54, 1.807) is 18.2 Å². The number of hydrogen-bond donors (Lipinski definition) is 1. The summed E-state index contributed by atoms with van der Waals surface area (Å²) in [6.07, 6.45) is -0.840. The molecule has 0 unspecified atom stereocenters.